The summed E-state index contributed by atoms with van der Waals surface area (Å²) in [6.45, 7) is 6.96. The molecule has 0 aliphatic carbocycles. The predicted octanol–water partition coefficient (Wildman–Crippen LogP) is 0.582. The first-order valence-electron chi connectivity index (χ1n) is 16.0. The van der Waals surface area contributed by atoms with Crippen molar-refractivity contribution in [2.75, 3.05) is 45.1 Å². The fourth-order valence-corrected chi connectivity index (χ4v) is 4.54. The van der Waals surface area contributed by atoms with E-state index in [0.717, 1.165) is 10.5 Å². The number of primary amides is 1. The third-order valence-corrected chi connectivity index (χ3v) is 7.42. The van der Waals surface area contributed by atoms with Gasteiger partial charge < -0.3 is 42.0 Å². The molecule has 0 unspecified atom stereocenters. The summed E-state index contributed by atoms with van der Waals surface area (Å²) < 4.78 is 5.25. The van der Waals surface area contributed by atoms with E-state index < -0.39 is 47.8 Å². The number of amides is 8. The number of benzene rings is 1. The number of carbonyl (C=O) groups is 7. The van der Waals surface area contributed by atoms with Crippen LogP contribution in [-0.4, -0.2) is 103 Å². The van der Waals surface area contributed by atoms with Gasteiger partial charge in [-0.15, -0.1) is 0 Å². The van der Waals surface area contributed by atoms with Crippen LogP contribution in [0.4, 0.5) is 15.3 Å². The maximum absolute atomic E-state index is 13.3. The number of nitrogens with two attached hydrogens (primary N) is 1. The number of rotatable bonds is 20. The Labute approximate surface area is 280 Å². The fourth-order valence-electron chi connectivity index (χ4n) is 4.54. The van der Waals surface area contributed by atoms with E-state index in [2.05, 4.69) is 26.6 Å². The molecule has 16 nitrogen and oxygen atoms in total. The molecule has 16 heteroatoms. The minimum atomic E-state index is -0.940. The summed E-state index contributed by atoms with van der Waals surface area (Å²) in [6, 6.07) is 4.42. The molecule has 0 spiro atoms. The smallest absolute Gasteiger partial charge is 0.409 e. The highest BCUT2D eigenvalue weighted by atomic mass is 16.6. The zero-order valence-electron chi connectivity index (χ0n) is 28.0. The molecule has 48 heavy (non-hydrogen) atoms. The SMILES string of the molecule is CCN(C)C(=O)OCc1ccc(NC(=O)[C@H](CCCNC(N)=O)NC(=O)[C@@H](NCCNC(=O)CCCN2C(=O)C=CC2=O)C(C)C)cc1. The van der Waals surface area contributed by atoms with Crippen molar-refractivity contribution in [1.29, 1.82) is 0 Å². The number of carbonyl (C=O) groups excluding carboxylic acids is 7. The van der Waals surface area contributed by atoms with Gasteiger partial charge in [0.05, 0.1) is 6.04 Å². The van der Waals surface area contributed by atoms with Crippen LogP contribution in [0.15, 0.2) is 36.4 Å². The molecule has 0 fully saturated rings. The van der Waals surface area contributed by atoms with Gasteiger partial charge in [0.15, 0.2) is 0 Å². The third-order valence-electron chi connectivity index (χ3n) is 7.42. The number of urea groups is 1. The van der Waals surface area contributed by atoms with E-state index in [-0.39, 0.29) is 57.5 Å². The van der Waals surface area contributed by atoms with E-state index in [1.807, 2.05) is 20.8 Å². The van der Waals surface area contributed by atoms with Gasteiger partial charge in [-0.3, -0.25) is 28.9 Å². The van der Waals surface area contributed by atoms with E-state index in [9.17, 15) is 33.6 Å². The van der Waals surface area contributed by atoms with Crippen LogP contribution in [0.2, 0.25) is 0 Å². The van der Waals surface area contributed by atoms with Crippen molar-refractivity contribution in [1.82, 2.24) is 31.1 Å². The van der Waals surface area contributed by atoms with Crippen molar-refractivity contribution < 1.29 is 38.3 Å². The summed E-state index contributed by atoms with van der Waals surface area (Å²) in [6.07, 6.45) is 2.96. The van der Waals surface area contributed by atoms with Gasteiger partial charge in [0.25, 0.3) is 11.8 Å². The molecule has 1 aliphatic heterocycles. The lowest BCUT2D eigenvalue weighted by Crippen LogP contribution is -2.54. The first kappa shape index (κ1) is 39.2. The molecule has 0 saturated carbocycles. The van der Waals surface area contributed by atoms with Crippen LogP contribution >= 0.6 is 0 Å². The highest BCUT2D eigenvalue weighted by Crippen LogP contribution is 2.13. The summed E-state index contributed by atoms with van der Waals surface area (Å²) in [5, 5.41) is 13.9. The second-order valence-corrected chi connectivity index (χ2v) is 11.5. The molecule has 0 bridgehead atoms. The average molecular weight is 673 g/mol. The van der Waals surface area contributed by atoms with Crippen LogP contribution in [0.5, 0.6) is 0 Å². The quantitative estimate of drug-likeness (QED) is 0.0841. The van der Waals surface area contributed by atoms with Crippen LogP contribution in [0.25, 0.3) is 0 Å². The van der Waals surface area contributed by atoms with Crippen molar-refractivity contribution in [2.24, 2.45) is 11.7 Å². The maximum Gasteiger partial charge on any atom is 0.409 e. The number of ether oxygens (including phenoxy) is 1. The molecule has 264 valence electrons. The fraction of sp³-hybridized carbons (Fsp3) is 0.531. The summed E-state index contributed by atoms with van der Waals surface area (Å²) in [7, 11) is 1.63. The van der Waals surface area contributed by atoms with Gasteiger partial charge in [0.2, 0.25) is 17.7 Å². The number of nitrogens with one attached hydrogen (secondary N) is 5. The second kappa shape index (κ2) is 20.3. The molecule has 0 aromatic heterocycles. The van der Waals surface area contributed by atoms with E-state index in [1.165, 1.54) is 17.1 Å². The van der Waals surface area contributed by atoms with Gasteiger partial charge in [-0.25, -0.2) is 9.59 Å². The molecule has 0 saturated heterocycles. The molecule has 1 aromatic rings. The molecule has 2 atom stereocenters. The number of imide groups is 1. The lowest BCUT2D eigenvalue weighted by molar-refractivity contribution is -0.137. The Kier molecular flexibility index (Phi) is 16.6. The minimum absolute atomic E-state index is 0.0667. The highest BCUT2D eigenvalue weighted by Gasteiger charge is 2.27. The van der Waals surface area contributed by atoms with Gasteiger partial charge in [0.1, 0.15) is 12.6 Å². The Morgan fingerprint density at radius 1 is 0.917 bits per heavy atom. The molecule has 8 amide bonds. The molecule has 2 rings (SSSR count). The molecule has 0 radical (unpaired) electrons. The predicted molar refractivity (Wildman–Crippen MR) is 177 cm³/mol. The molecule has 1 heterocycles. The van der Waals surface area contributed by atoms with Crippen molar-refractivity contribution in [2.45, 2.75) is 65.1 Å². The van der Waals surface area contributed by atoms with E-state index in [4.69, 9.17) is 10.5 Å². The zero-order valence-corrected chi connectivity index (χ0v) is 28.0. The zero-order chi connectivity index (χ0) is 35.6. The van der Waals surface area contributed by atoms with E-state index in [0.29, 0.717) is 25.1 Å². The highest BCUT2D eigenvalue weighted by molar-refractivity contribution is 6.12. The van der Waals surface area contributed by atoms with E-state index in [1.54, 1.807) is 31.3 Å². The topological polar surface area (TPSA) is 221 Å². The van der Waals surface area contributed by atoms with Gasteiger partial charge in [-0.2, -0.15) is 0 Å². The summed E-state index contributed by atoms with van der Waals surface area (Å²) in [5.41, 5.74) is 6.34. The average Bonchev–Trinajstić information content (AvgIpc) is 3.37. The Hall–Kier alpha value is -4.99. The molecule has 1 aliphatic rings. The van der Waals surface area contributed by atoms with Gasteiger partial charge >= 0.3 is 12.1 Å². The lowest BCUT2D eigenvalue weighted by atomic mass is 10.0. The number of anilines is 1. The third kappa shape index (κ3) is 13.8. The molecular formula is C32H48N8O8. The first-order valence-corrected chi connectivity index (χ1v) is 16.0. The minimum Gasteiger partial charge on any atom is -0.445 e. The van der Waals surface area contributed by atoms with Crippen molar-refractivity contribution in [3.8, 4) is 0 Å². The van der Waals surface area contributed by atoms with Gasteiger partial charge in [-0.05, 0) is 49.8 Å². The largest absolute Gasteiger partial charge is 0.445 e. The van der Waals surface area contributed by atoms with Crippen LogP contribution in [0.1, 0.15) is 52.0 Å². The van der Waals surface area contributed by atoms with Crippen molar-refractivity contribution in [3.05, 3.63) is 42.0 Å². The summed E-state index contributed by atoms with van der Waals surface area (Å²) in [4.78, 5) is 87.6. The Morgan fingerprint density at radius 3 is 2.19 bits per heavy atom. The Balaban J connectivity index is 1.90. The van der Waals surface area contributed by atoms with Crippen LogP contribution in [0, 0.1) is 5.92 Å². The summed E-state index contributed by atoms with van der Waals surface area (Å²) in [5.74, 6) is -2.08. The first-order chi connectivity index (χ1) is 22.8. The standard InChI is InChI=1S/C32H48N8O8/c1-5-39(4)32(47)48-20-22-10-12-23(13-11-22)37-29(44)24(8-6-16-36-31(33)46)38-30(45)28(21(2)3)35-18-17-34-25(41)9-7-19-40-26(42)14-15-27(40)43/h10-15,21,24,28,35H,5-9,16-20H2,1-4H3,(H,34,41)(H,37,44)(H,38,45)(H3,33,36,46)/t24-,28-/m0/s1. The van der Waals surface area contributed by atoms with Gasteiger partial charge in [-0.1, -0.05) is 26.0 Å². The monoisotopic (exact) mass is 672 g/mol. The maximum atomic E-state index is 13.3. The second-order valence-electron chi connectivity index (χ2n) is 11.5. The van der Waals surface area contributed by atoms with E-state index >= 15 is 0 Å². The number of nitrogens with zero attached hydrogens (tertiary/aromatic N) is 2. The van der Waals surface area contributed by atoms with Crippen LogP contribution in [-0.2, 0) is 35.3 Å². The van der Waals surface area contributed by atoms with Crippen molar-refractivity contribution >= 4 is 47.3 Å². The molecule has 7 N–H and O–H groups in total. The Morgan fingerprint density at radius 2 is 1.58 bits per heavy atom. The van der Waals surface area contributed by atoms with Gasteiger partial charge in [0, 0.05) is 64.0 Å². The summed E-state index contributed by atoms with van der Waals surface area (Å²) >= 11 is 0. The van der Waals surface area contributed by atoms with Crippen LogP contribution in [0.3, 0.4) is 0 Å². The lowest BCUT2D eigenvalue weighted by Gasteiger charge is -2.25. The van der Waals surface area contributed by atoms with Crippen molar-refractivity contribution in [3.63, 3.8) is 0 Å². The van der Waals surface area contributed by atoms with Crippen LogP contribution < -0.4 is 32.3 Å². The number of hydrogen-bond donors (Lipinski definition) is 6. The molecule has 1 aromatic carbocycles. The normalized spacial score (nSPS) is 13.6. The number of hydrogen-bond acceptors (Lipinski definition) is 9. The molecular weight excluding hydrogens is 624 g/mol. The Bertz CT molecular complexity index is 1300.